The Kier molecular flexibility index (Phi) is 1.50. The number of rotatable bonds is 0. The molecule has 2 heteroatoms. The fraction of sp³-hybridized carbons (Fsp3) is 0.909. The summed E-state index contributed by atoms with van der Waals surface area (Å²) in [4.78, 5) is 11.2. The molecule has 0 aromatic heterocycles. The second-order valence-corrected chi connectivity index (χ2v) is 5.17. The average molecular weight is 179 g/mol. The van der Waals surface area contributed by atoms with Crippen LogP contribution in [0.3, 0.4) is 0 Å². The molecule has 2 saturated carbocycles. The summed E-state index contributed by atoms with van der Waals surface area (Å²) in [5, 5.41) is 3.01. The van der Waals surface area contributed by atoms with E-state index in [2.05, 4.69) is 5.32 Å². The van der Waals surface area contributed by atoms with Gasteiger partial charge in [-0.05, 0) is 30.1 Å². The lowest BCUT2D eigenvalue weighted by atomic mass is 9.49. The molecule has 3 atom stereocenters. The summed E-state index contributed by atoms with van der Waals surface area (Å²) in [6.45, 7) is 0.979. The molecule has 2 aliphatic carbocycles. The van der Waals surface area contributed by atoms with E-state index in [4.69, 9.17) is 0 Å². The molecule has 1 saturated heterocycles. The quantitative estimate of drug-likeness (QED) is 0.602. The molecular formula is C11H17NO. The second kappa shape index (κ2) is 2.49. The minimum Gasteiger partial charge on any atom is -0.356 e. The molecule has 1 spiro atoms. The topological polar surface area (TPSA) is 29.1 Å². The van der Waals surface area contributed by atoms with Crippen molar-refractivity contribution >= 4 is 5.91 Å². The third-order valence-corrected chi connectivity index (χ3v) is 4.51. The van der Waals surface area contributed by atoms with Gasteiger partial charge in [-0.2, -0.15) is 0 Å². The molecule has 1 heterocycles. The van der Waals surface area contributed by atoms with Crippen LogP contribution in [0.15, 0.2) is 0 Å². The average Bonchev–Trinajstić information content (AvgIpc) is 2.49. The van der Waals surface area contributed by atoms with Crippen LogP contribution in [-0.4, -0.2) is 12.5 Å². The summed E-state index contributed by atoms with van der Waals surface area (Å²) in [5.41, 5.74) is 0.419. The first-order valence-corrected chi connectivity index (χ1v) is 5.57. The molecule has 1 amide bonds. The van der Waals surface area contributed by atoms with E-state index in [1.807, 2.05) is 0 Å². The molecule has 1 aliphatic heterocycles. The lowest BCUT2D eigenvalue weighted by Gasteiger charge is -2.55. The van der Waals surface area contributed by atoms with Crippen LogP contribution < -0.4 is 5.32 Å². The SMILES string of the molecule is O=C1C[C@]2(CN1)C[C@@H]1CCCC[C@@H]12. The minimum absolute atomic E-state index is 0.295. The highest BCUT2D eigenvalue weighted by molar-refractivity contribution is 5.79. The molecule has 0 bridgehead atoms. The Bertz CT molecular complexity index is 250. The summed E-state index contributed by atoms with van der Waals surface area (Å²) in [6.07, 6.45) is 7.81. The summed E-state index contributed by atoms with van der Waals surface area (Å²) >= 11 is 0. The molecule has 3 fully saturated rings. The van der Waals surface area contributed by atoms with Crippen molar-refractivity contribution < 1.29 is 4.79 Å². The van der Waals surface area contributed by atoms with E-state index in [-0.39, 0.29) is 0 Å². The number of carbonyl (C=O) groups is 1. The van der Waals surface area contributed by atoms with E-state index in [0.717, 1.165) is 24.8 Å². The Labute approximate surface area is 79.1 Å². The van der Waals surface area contributed by atoms with Gasteiger partial charge < -0.3 is 5.32 Å². The van der Waals surface area contributed by atoms with Crippen molar-refractivity contribution in [2.45, 2.75) is 38.5 Å². The molecule has 1 N–H and O–H groups in total. The first kappa shape index (κ1) is 7.84. The van der Waals surface area contributed by atoms with Gasteiger partial charge in [0.25, 0.3) is 0 Å². The lowest BCUT2D eigenvalue weighted by molar-refractivity contribution is -0.122. The standard InChI is InChI=1S/C11H17NO/c13-10-6-11(7-12-10)5-8-3-1-2-4-9(8)11/h8-9H,1-7H2,(H,12,13)/t8-,9-,11-/m0/s1. The van der Waals surface area contributed by atoms with Crippen molar-refractivity contribution in [3.05, 3.63) is 0 Å². The third-order valence-electron chi connectivity index (χ3n) is 4.51. The van der Waals surface area contributed by atoms with E-state index in [1.54, 1.807) is 0 Å². The maximum absolute atomic E-state index is 11.2. The van der Waals surface area contributed by atoms with Gasteiger partial charge in [0.1, 0.15) is 0 Å². The fourth-order valence-corrected chi connectivity index (χ4v) is 3.90. The van der Waals surface area contributed by atoms with Crippen molar-refractivity contribution in [1.82, 2.24) is 5.32 Å². The number of hydrogen-bond acceptors (Lipinski definition) is 1. The summed E-state index contributed by atoms with van der Waals surface area (Å²) in [6, 6.07) is 0. The Morgan fingerprint density at radius 2 is 2.15 bits per heavy atom. The van der Waals surface area contributed by atoms with Crippen molar-refractivity contribution in [2.75, 3.05) is 6.54 Å². The first-order chi connectivity index (χ1) is 6.30. The van der Waals surface area contributed by atoms with Crippen LogP contribution in [-0.2, 0) is 4.79 Å². The lowest BCUT2D eigenvalue weighted by Crippen LogP contribution is -2.50. The number of hydrogen-bond donors (Lipinski definition) is 1. The number of nitrogens with one attached hydrogen (secondary N) is 1. The van der Waals surface area contributed by atoms with Crippen LogP contribution in [0.1, 0.15) is 38.5 Å². The number of amides is 1. The predicted octanol–water partition coefficient (Wildman–Crippen LogP) is 1.70. The van der Waals surface area contributed by atoms with Crippen molar-refractivity contribution in [3.63, 3.8) is 0 Å². The first-order valence-electron chi connectivity index (χ1n) is 5.57. The summed E-state index contributed by atoms with van der Waals surface area (Å²) in [7, 11) is 0. The normalized spacial score (nSPS) is 48.5. The van der Waals surface area contributed by atoms with E-state index in [9.17, 15) is 4.79 Å². The molecule has 72 valence electrons. The van der Waals surface area contributed by atoms with E-state index in [0.29, 0.717) is 11.3 Å². The Hall–Kier alpha value is -0.530. The molecular weight excluding hydrogens is 162 g/mol. The van der Waals surface area contributed by atoms with Gasteiger partial charge in [-0.1, -0.05) is 19.3 Å². The molecule has 3 aliphatic rings. The van der Waals surface area contributed by atoms with Crippen LogP contribution in [0.5, 0.6) is 0 Å². The van der Waals surface area contributed by atoms with Crippen LogP contribution >= 0.6 is 0 Å². The van der Waals surface area contributed by atoms with Gasteiger partial charge in [-0.15, -0.1) is 0 Å². The monoisotopic (exact) mass is 179 g/mol. The van der Waals surface area contributed by atoms with Crippen LogP contribution in [0.4, 0.5) is 0 Å². The van der Waals surface area contributed by atoms with Gasteiger partial charge >= 0.3 is 0 Å². The fourth-order valence-electron chi connectivity index (χ4n) is 3.90. The maximum Gasteiger partial charge on any atom is 0.220 e. The molecule has 13 heavy (non-hydrogen) atoms. The van der Waals surface area contributed by atoms with Gasteiger partial charge in [0.15, 0.2) is 0 Å². The smallest absolute Gasteiger partial charge is 0.220 e. The van der Waals surface area contributed by atoms with Crippen molar-refractivity contribution in [1.29, 1.82) is 0 Å². The van der Waals surface area contributed by atoms with Crippen LogP contribution in [0.2, 0.25) is 0 Å². The highest BCUT2D eigenvalue weighted by atomic mass is 16.1. The van der Waals surface area contributed by atoms with Gasteiger partial charge in [-0.25, -0.2) is 0 Å². The van der Waals surface area contributed by atoms with Crippen LogP contribution in [0, 0.1) is 17.3 Å². The zero-order chi connectivity index (χ0) is 8.89. The van der Waals surface area contributed by atoms with Crippen LogP contribution in [0.25, 0.3) is 0 Å². The predicted molar refractivity (Wildman–Crippen MR) is 50.1 cm³/mol. The Morgan fingerprint density at radius 3 is 2.85 bits per heavy atom. The van der Waals surface area contributed by atoms with Gasteiger partial charge in [0.2, 0.25) is 5.91 Å². The molecule has 0 unspecified atom stereocenters. The zero-order valence-corrected chi connectivity index (χ0v) is 8.01. The van der Waals surface area contributed by atoms with Gasteiger partial charge in [-0.3, -0.25) is 4.79 Å². The molecule has 2 nitrogen and oxygen atoms in total. The second-order valence-electron chi connectivity index (χ2n) is 5.17. The number of carbonyl (C=O) groups excluding carboxylic acids is 1. The third kappa shape index (κ3) is 0.976. The Balaban J connectivity index is 1.77. The van der Waals surface area contributed by atoms with Crippen molar-refractivity contribution in [3.8, 4) is 0 Å². The highest BCUT2D eigenvalue weighted by Gasteiger charge is 2.56. The highest BCUT2D eigenvalue weighted by Crippen LogP contribution is 2.60. The molecule has 0 radical (unpaired) electrons. The Morgan fingerprint density at radius 1 is 1.31 bits per heavy atom. The van der Waals surface area contributed by atoms with Gasteiger partial charge in [0, 0.05) is 13.0 Å². The van der Waals surface area contributed by atoms with Crippen molar-refractivity contribution in [2.24, 2.45) is 17.3 Å². The van der Waals surface area contributed by atoms with E-state index in [1.165, 1.54) is 32.1 Å². The molecule has 3 rings (SSSR count). The molecule has 0 aromatic carbocycles. The number of fused-ring (bicyclic) bond motifs is 2. The minimum atomic E-state index is 0.295. The van der Waals surface area contributed by atoms with E-state index < -0.39 is 0 Å². The maximum atomic E-state index is 11.2. The summed E-state index contributed by atoms with van der Waals surface area (Å²) in [5.74, 6) is 2.16. The van der Waals surface area contributed by atoms with Gasteiger partial charge in [0.05, 0.1) is 0 Å². The molecule has 0 aromatic rings. The summed E-state index contributed by atoms with van der Waals surface area (Å²) < 4.78 is 0. The largest absolute Gasteiger partial charge is 0.356 e. The zero-order valence-electron chi connectivity index (χ0n) is 8.01. The van der Waals surface area contributed by atoms with E-state index >= 15 is 0 Å².